The van der Waals surface area contributed by atoms with Gasteiger partial charge in [-0.1, -0.05) is 200 Å². The Kier molecular flexibility index (Phi) is 44.4. The summed E-state index contributed by atoms with van der Waals surface area (Å²) in [5, 5.41) is 11.7. The number of fused-ring (bicyclic) bond motifs is 1. The molecule has 1 unspecified atom stereocenters. The summed E-state index contributed by atoms with van der Waals surface area (Å²) in [6.45, 7) is 3.98. The van der Waals surface area contributed by atoms with Gasteiger partial charge < -0.3 is 45.1 Å². The van der Waals surface area contributed by atoms with Crippen LogP contribution in [0.5, 0.6) is 0 Å². The Hall–Kier alpha value is -2.47. The molecule has 76 heavy (non-hydrogen) atoms. The molecule has 5 N–H and O–H groups in total. The second kappa shape index (κ2) is 48.4. The number of hydrogen-bond acceptors (Lipinski definition) is 13. The number of esters is 2. The molecule has 2 rings (SSSR count). The summed E-state index contributed by atoms with van der Waals surface area (Å²) in [4.78, 5) is 71.9. The summed E-state index contributed by atoms with van der Waals surface area (Å²) in [7, 11) is -4.63. The molecule has 0 aliphatic carbocycles. The van der Waals surface area contributed by atoms with E-state index >= 15 is 0 Å². The monoisotopic (exact) mass is 1120 g/mol. The van der Waals surface area contributed by atoms with E-state index in [0.29, 0.717) is 37.7 Å². The predicted molar refractivity (Wildman–Crippen MR) is 303 cm³/mol. The Balaban J connectivity index is 1.57. The minimum absolute atomic E-state index is 0.0404. The minimum Gasteiger partial charge on any atom is -0.462 e. The number of thioether (sulfide) groups is 1. The van der Waals surface area contributed by atoms with Crippen molar-refractivity contribution < 1.29 is 61.4 Å². The lowest BCUT2D eigenvalue weighted by atomic mass is 10.0. The van der Waals surface area contributed by atoms with Crippen LogP contribution in [0, 0.1) is 0 Å². The lowest BCUT2D eigenvalue weighted by molar-refractivity contribution is -0.161. The van der Waals surface area contributed by atoms with Crippen LogP contribution in [-0.2, 0) is 51.7 Å². The second-order valence-electron chi connectivity index (χ2n) is 21.0. The molecule has 0 aromatic heterocycles. The molecule has 5 atom stereocenters. The molecule has 0 spiro atoms. The Labute approximate surface area is 463 Å². The van der Waals surface area contributed by atoms with Crippen LogP contribution >= 0.6 is 19.6 Å². The van der Waals surface area contributed by atoms with E-state index < -0.39 is 38.4 Å². The second-order valence-corrected chi connectivity index (χ2v) is 23.8. The molecule has 0 radical (unpaired) electrons. The highest BCUT2D eigenvalue weighted by atomic mass is 32.2. The molecule has 0 saturated carbocycles. The third-order valence-corrected chi connectivity index (χ3v) is 16.5. The Morgan fingerprint density at radius 2 is 1.04 bits per heavy atom. The van der Waals surface area contributed by atoms with E-state index in [9.17, 15) is 33.4 Å². The molecule has 2 fully saturated rings. The van der Waals surface area contributed by atoms with Gasteiger partial charge in [0.05, 0.1) is 45.1 Å². The number of nitrogens with one attached hydrogen (secondary N) is 4. The maximum Gasteiger partial charge on any atom is 0.472 e. The van der Waals surface area contributed by atoms with Crippen molar-refractivity contribution in [1.29, 1.82) is 0 Å². The Morgan fingerprint density at radius 1 is 0.566 bits per heavy atom. The lowest BCUT2D eigenvalue weighted by Gasteiger charge is -2.20. The number of unbranched alkanes of at least 4 members (excludes halogenated alkanes) is 29. The summed E-state index contributed by atoms with van der Waals surface area (Å²) in [6, 6.07) is 0.281. The first-order valence-electron chi connectivity index (χ1n) is 30.4. The van der Waals surface area contributed by atoms with Crippen LogP contribution in [0.4, 0.5) is 4.79 Å². The van der Waals surface area contributed by atoms with E-state index in [0.717, 1.165) is 63.5 Å². The number of urea groups is 1. The molecule has 0 bridgehead atoms. The van der Waals surface area contributed by atoms with Gasteiger partial charge in [-0.25, -0.2) is 9.36 Å². The van der Waals surface area contributed by atoms with Gasteiger partial charge in [0.1, 0.15) is 13.2 Å². The maximum atomic E-state index is 12.9. The fraction of sp³-hybridized carbons (Fsp3) is 0.912. The SMILES string of the molecule is CCCCCCCCCCCCCCCCCC(=O)OC[C@H](COP(=O)(O)OCCNC(=O)COCCOCCNC(=O)CCCC[C@@H]1SC[C@@H]2NC(=O)N[C@@H]21)OC(=O)CCCCCCCCCCCCCCCCC. The third-order valence-electron chi connectivity index (χ3n) is 14.1. The zero-order valence-corrected chi connectivity index (χ0v) is 49.2. The number of hydrogen-bond donors (Lipinski definition) is 5. The van der Waals surface area contributed by atoms with E-state index in [-0.39, 0.29) is 76.4 Å². The average molecular weight is 1120 g/mol. The number of rotatable bonds is 55. The van der Waals surface area contributed by atoms with Crippen molar-refractivity contribution in [2.45, 2.75) is 268 Å². The molecule has 17 nitrogen and oxygen atoms in total. The summed E-state index contributed by atoms with van der Waals surface area (Å²) in [6.07, 6.45) is 38.9. The molecule has 2 heterocycles. The van der Waals surface area contributed by atoms with Gasteiger partial charge in [-0.05, 0) is 25.7 Å². The number of carbonyl (C=O) groups is 5. The standard InChI is InChI=1S/C57H107N4O13PS/c1-3-5-7-9-11-13-15-17-19-21-23-25-27-29-31-37-54(64)71-45-49(74-55(65)38-32-30-28-26-24-22-20-18-16-14-12-10-8-6-4-2)46-73-75(67,68)72-42-40-59-53(63)47-70-44-43-69-41-39-58-52(62)36-34-33-35-51-56-50(48-76-51)60-57(66)61-56/h49-51,56H,3-48H2,1-2H3,(H,58,62)(H,59,63)(H,67,68)(H2,60,61,66)/t49-,50+,51+,56+/m1/s1. The minimum atomic E-state index is -4.63. The van der Waals surface area contributed by atoms with Crippen molar-refractivity contribution >= 4 is 49.4 Å². The van der Waals surface area contributed by atoms with E-state index in [1.54, 1.807) is 0 Å². The van der Waals surface area contributed by atoms with Crippen LogP contribution in [0.15, 0.2) is 0 Å². The number of carbonyl (C=O) groups excluding carboxylic acids is 5. The van der Waals surface area contributed by atoms with Crippen molar-refractivity contribution in [2.24, 2.45) is 0 Å². The average Bonchev–Trinajstić information content (AvgIpc) is 3.96. The Morgan fingerprint density at radius 3 is 1.59 bits per heavy atom. The van der Waals surface area contributed by atoms with E-state index in [4.69, 9.17) is 28.0 Å². The van der Waals surface area contributed by atoms with Crippen molar-refractivity contribution in [1.82, 2.24) is 21.3 Å². The lowest BCUT2D eigenvalue weighted by Crippen LogP contribution is -2.36. The van der Waals surface area contributed by atoms with Gasteiger partial charge in [0, 0.05) is 43.4 Å². The van der Waals surface area contributed by atoms with Gasteiger partial charge in [-0.2, -0.15) is 11.8 Å². The number of ether oxygens (including phenoxy) is 4. The normalized spacial score (nSPS) is 17.1. The van der Waals surface area contributed by atoms with Gasteiger partial charge in [-0.3, -0.25) is 28.2 Å². The highest BCUT2D eigenvalue weighted by Crippen LogP contribution is 2.43. The van der Waals surface area contributed by atoms with Crippen molar-refractivity contribution in [2.75, 3.05) is 65.1 Å². The van der Waals surface area contributed by atoms with Crippen LogP contribution in [0.25, 0.3) is 0 Å². The highest BCUT2D eigenvalue weighted by Gasteiger charge is 2.42. The molecule has 2 saturated heterocycles. The zero-order valence-electron chi connectivity index (χ0n) is 47.5. The largest absolute Gasteiger partial charge is 0.472 e. The number of amides is 4. The van der Waals surface area contributed by atoms with Crippen LogP contribution in [0.2, 0.25) is 0 Å². The summed E-state index contributed by atoms with van der Waals surface area (Å²) in [5.74, 6) is -0.505. The first-order valence-corrected chi connectivity index (χ1v) is 32.9. The van der Waals surface area contributed by atoms with E-state index in [2.05, 4.69) is 35.1 Å². The molecule has 444 valence electrons. The Bertz CT molecular complexity index is 1540. The fourth-order valence-corrected chi connectivity index (χ4v) is 11.8. The third kappa shape index (κ3) is 40.7. The first-order chi connectivity index (χ1) is 37.0. The molecule has 2 aliphatic rings. The predicted octanol–water partition coefficient (Wildman–Crippen LogP) is 12.1. The zero-order chi connectivity index (χ0) is 55.0. The van der Waals surface area contributed by atoms with Gasteiger partial charge in [0.2, 0.25) is 11.8 Å². The molecule has 0 aromatic carbocycles. The molecule has 0 aromatic rings. The maximum absolute atomic E-state index is 12.9. The molecule has 2 aliphatic heterocycles. The summed E-state index contributed by atoms with van der Waals surface area (Å²) < 4.78 is 44.8. The molecular weight excluding hydrogens is 1010 g/mol. The fourth-order valence-electron chi connectivity index (χ4n) is 9.53. The highest BCUT2D eigenvalue weighted by molar-refractivity contribution is 8.00. The smallest absolute Gasteiger partial charge is 0.462 e. The van der Waals surface area contributed by atoms with Crippen LogP contribution < -0.4 is 21.3 Å². The van der Waals surface area contributed by atoms with Gasteiger partial charge in [0.25, 0.3) is 0 Å². The van der Waals surface area contributed by atoms with E-state index in [1.807, 2.05) is 11.8 Å². The first kappa shape index (κ1) is 69.6. The van der Waals surface area contributed by atoms with Crippen LogP contribution in [0.1, 0.15) is 245 Å². The molecule has 4 amide bonds. The molecule has 19 heteroatoms. The van der Waals surface area contributed by atoms with Crippen molar-refractivity contribution in [3.63, 3.8) is 0 Å². The van der Waals surface area contributed by atoms with E-state index in [1.165, 1.54) is 141 Å². The van der Waals surface area contributed by atoms with Crippen molar-refractivity contribution in [3.05, 3.63) is 0 Å². The summed E-state index contributed by atoms with van der Waals surface area (Å²) >= 11 is 1.87. The number of phosphoric acid groups is 1. The van der Waals surface area contributed by atoms with Gasteiger partial charge in [-0.15, -0.1) is 0 Å². The van der Waals surface area contributed by atoms with Gasteiger partial charge in [0.15, 0.2) is 6.10 Å². The molecular formula is C57H107N4O13PS. The summed E-state index contributed by atoms with van der Waals surface area (Å²) in [5.41, 5.74) is 0. The van der Waals surface area contributed by atoms with Gasteiger partial charge >= 0.3 is 25.8 Å². The van der Waals surface area contributed by atoms with Crippen molar-refractivity contribution in [3.8, 4) is 0 Å². The van der Waals surface area contributed by atoms with Crippen LogP contribution in [-0.4, -0.2) is 123 Å². The quantitative estimate of drug-likeness (QED) is 0.0165. The van der Waals surface area contributed by atoms with Crippen LogP contribution in [0.3, 0.4) is 0 Å². The topological polar surface area (TPSA) is 226 Å². The number of phosphoric ester groups is 1.